The summed E-state index contributed by atoms with van der Waals surface area (Å²) >= 11 is 0. The van der Waals surface area contributed by atoms with Crippen LogP contribution in [-0.2, 0) is 0 Å². The standard InChI is InChI=1S/C12H25N/c1-4-8-12(3)9-6-7-11-13(12)10-5-2/h4-11H2,1-3H3. The fourth-order valence-electron chi connectivity index (χ4n) is 2.71. The van der Waals surface area contributed by atoms with Crippen molar-refractivity contribution in [3.05, 3.63) is 0 Å². The molecule has 0 amide bonds. The third-order valence-corrected chi connectivity index (χ3v) is 3.44. The molecule has 1 heteroatoms. The molecule has 1 aliphatic rings. The summed E-state index contributed by atoms with van der Waals surface area (Å²) in [5.74, 6) is 0. The van der Waals surface area contributed by atoms with E-state index in [1.54, 1.807) is 0 Å². The number of hydrogen-bond acceptors (Lipinski definition) is 1. The van der Waals surface area contributed by atoms with Gasteiger partial charge in [-0.25, -0.2) is 0 Å². The number of nitrogens with zero attached hydrogens (tertiary/aromatic N) is 1. The van der Waals surface area contributed by atoms with Crippen LogP contribution in [0.5, 0.6) is 0 Å². The molecule has 0 radical (unpaired) electrons. The van der Waals surface area contributed by atoms with Gasteiger partial charge in [0.25, 0.3) is 0 Å². The normalized spacial score (nSPS) is 30.7. The molecule has 0 bridgehead atoms. The maximum atomic E-state index is 2.72. The number of hydrogen-bond donors (Lipinski definition) is 0. The second-order valence-corrected chi connectivity index (χ2v) is 4.69. The van der Waals surface area contributed by atoms with Crippen LogP contribution in [-0.4, -0.2) is 23.5 Å². The molecule has 0 spiro atoms. The van der Waals surface area contributed by atoms with Gasteiger partial charge in [0.2, 0.25) is 0 Å². The minimum absolute atomic E-state index is 0.531. The molecule has 1 fully saturated rings. The lowest BCUT2D eigenvalue weighted by Crippen LogP contribution is -2.49. The van der Waals surface area contributed by atoms with Gasteiger partial charge < -0.3 is 0 Å². The van der Waals surface area contributed by atoms with E-state index in [4.69, 9.17) is 0 Å². The Labute approximate surface area is 83.5 Å². The number of likely N-dealkylation sites (tertiary alicyclic amines) is 1. The Hall–Kier alpha value is -0.0400. The van der Waals surface area contributed by atoms with Crippen LogP contribution in [0.25, 0.3) is 0 Å². The SMILES string of the molecule is CCCN1CCCCC1(C)CCC. The van der Waals surface area contributed by atoms with Crippen molar-refractivity contribution in [2.45, 2.75) is 64.8 Å². The fourth-order valence-corrected chi connectivity index (χ4v) is 2.71. The topological polar surface area (TPSA) is 3.24 Å². The Kier molecular flexibility index (Phi) is 4.24. The second kappa shape index (κ2) is 4.99. The Morgan fingerprint density at radius 1 is 1.15 bits per heavy atom. The van der Waals surface area contributed by atoms with Gasteiger partial charge in [0.15, 0.2) is 0 Å². The van der Waals surface area contributed by atoms with E-state index in [1.807, 2.05) is 0 Å². The molecule has 78 valence electrons. The summed E-state index contributed by atoms with van der Waals surface area (Å²) in [6.07, 6.45) is 8.29. The Bertz CT molecular complexity index is 138. The Morgan fingerprint density at radius 2 is 1.92 bits per heavy atom. The summed E-state index contributed by atoms with van der Waals surface area (Å²) in [6.45, 7) is 9.71. The molecule has 0 aliphatic carbocycles. The molecule has 0 aromatic rings. The molecule has 1 nitrogen and oxygen atoms in total. The average molecular weight is 183 g/mol. The summed E-state index contributed by atoms with van der Waals surface area (Å²) < 4.78 is 0. The van der Waals surface area contributed by atoms with Crippen LogP contribution < -0.4 is 0 Å². The molecule has 13 heavy (non-hydrogen) atoms. The molecule has 0 N–H and O–H groups in total. The zero-order valence-corrected chi connectivity index (χ0v) is 9.60. The molecule has 1 rings (SSSR count). The second-order valence-electron chi connectivity index (χ2n) is 4.69. The fraction of sp³-hybridized carbons (Fsp3) is 1.00. The summed E-state index contributed by atoms with van der Waals surface area (Å²) in [7, 11) is 0. The van der Waals surface area contributed by atoms with Crippen molar-refractivity contribution in [2.75, 3.05) is 13.1 Å². The zero-order chi connectivity index (χ0) is 9.73. The highest BCUT2D eigenvalue weighted by atomic mass is 15.2. The molecular formula is C12H25N. The van der Waals surface area contributed by atoms with E-state index in [0.717, 1.165) is 0 Å². The van der Waals surface area contributed by atoms with Gasteiger partial charge >= 0.3 is 0 Å². The maximum absolute atomic E-state index is 2.72. The third-order valence-electron chi connectivity index (χ3n) is 3.44. The molecule has 0 aromatic carbocycles. The lowest BCUT2D eigenvalue weighted by Gasteiger charge is -2.45. The third kappa shape index (κ3) is 2.70. The van der Waals surface area contributed by atoms with Gasteiger partial charge in [-0.15, -0.1) is 0 Å². The largest absolute Gasteiger partial charge is 0.298 e. The summed E-state index contributed by atoms with van der Waals surface area (Å²) in [4.78, 5) is 2.72. The highest BCUT2D eigenvalue weighted by Gasteiger charge is 2.32. The summed E-state index contributed by atoms with van der Waals surface area (Å²) in [5.41, 5.74) is 0.531. The van der Waals surface area contributed by atoms with E-state index >= 15 is 0 Å². The van der Waals surface area contributed by atoms with Crippen molar-refractivity contribution < 1.29 is 0 Å². The monoisotopic (exact) mass is 183 g/mol. The van der Waals surface area contributed by atoms with E-state index in [-0.39, 0.29) is 0 Å². The average Bonchev–Trinajstić information content (AvgIpc) is 2.10. The molecule has 0 saturated carbocycles. The molecule has 0 aromatic heterocycles. The van der Waals surface area contributed by atoms with Gasteiger partial charge in [0, 0.05) is 5.54 Å². The van der Waals surface area contributed by atoms with Crippen LogP contribution in [0, 0.1) is 0 Å². The van der Waals surface area contributed by atoms with Crippen molar-refractivity contribution in [1.82, 2.24) is 4.90 Å². The predicted octanol–water partition coefficient (Wildman–Crippen LogP) is 3.44. The van der Waals surface area contributed by atoms with Gasteiger partial charge in [-0.3, -0.25) is 4.90 Å². The zero-order valence-electron chi connectivity index (χ0n) is 9.60. The first-order valence-corrected chi connectivity index (χ1v) is 5.98. The van der Waals surface area contributed by atoms with Gasteiger partial charge in [-0.05, 0) is 45.7 Å². The van der Waals surface area contributed by atoms with E-state index in [9.17, 15) is 0 Å². The van der Waals surface area contributed by atoms with Crippen molar-refractivity contribution in [3.8, 4) is 0 Å². The van der Waals surface area contributed by atoms with Gasteiger partial charge in [0.05, 0.1) is 0 Å². The Balaban J connectivity index is 2.54. The first-order valence-electron chi connectivity index (χ1n) is 5.98. The van der Waals surface area contributed by atoms with E-state index in [0.29, 0.717) is 5.54 Å². The van der Waals surface area contributed by atoms with Crippen LogP contribution in [0.3, 0.4) is 0 Å². The predicted molar refractivity (Wildman–Crippen MR) is 59.0 cm³/mol. The van der Waals surface area contributed by atoms with Crippen LogP contribution in [0.4, 0.5) is 0 Å². The molecule has 1 unspecified atom stereocenters. The lowest BCUT2D eigenvalue weighted by molar-refractivity contribution is 0.0534. The van der Waals surface area contributed by atoms with Crippen molar-refractivity contribution in [1.29, 1.82) is 0 Å². The van der Waals surface area contributed by atoms with Crippen molar-refractivity contribution in [3.63, 3.8) is 0 Å². The smallest absolute Gasteiger partial charge is 0.0181 e. The highest BCUT2D eigenvalue weighted by Crippen LogP contribution is 2.31. The Morgan fingerprint density at radius 3 is 2.54 bits per heavy atom. The molecule has 1 atom stereocenters. The van der Waals surface area contributed by atoms with Gasteiger partial charge in [-0.1, -0.05) is 26.7 Å². The van der Waals surface area contributed by atoms with Gasteiger partial charge in [0.1, 0.15) is 0 Å². The van der Waals surface area contributed by atoms with Gasteiger partial charge in [-0.2, -0.15) is 0 Å². The quantitative estimate of drug-likeness (QED) is 0.645. The van der Waals surface area contributed by atoms with Crippen molar-refractivity contribution >= 4 is 0 Å². The molecule has 1 heterocycles. The van der Waals surface area contributed by atoms with Crippen LogP contribution in [0.1, 0.15) is 59.3 Å². The highest BCUT2D eigenvalue weighted by molar-refractivity contribution is 4.88. The first kappa shape index (κ1) is 11.0. The maximum Gasteiger partial charge on any atom is 0.0181 e. The van der Waals surface area contributed by atoms with Crippen LogP contribution in [0.15, 0.2) is 0 Å². The van der Waals surface area contributed by atoms with E-state index in [2.05, 4.69) is 25.7 Å². The molecular weight excluding hydrogens is 158 g/mol. The lowest BCUT2D eigenvalue weighted by atomic mass is 9.84. The first-order chi connectivity index (χ1) is 6.23. The summed E-state index contributed by atoms with van der Waals surface area (Å²) in [6, 6.07) is 0. The minimum Gasteiger partial charge on any atom is -0.298 e. The molecule has 1 aliphatic heterocycles. The summed E-state index contributed by atoms with van der Waals surface area (Å²) in [5, 5.41) is 0. The van der Waals surface area contributed by atoms with Crippen LogP contribution >= 0.6 is 0 Å². The van der Waals surface area contributed by atoms with Crippen LogP contribution in [0.2, 0.25) is 0 Å². The minimum atomic E-state index is 0.531. The molecule has 1 saturated heterocycles. The number of piperidine rings is 1. The van der Waals surface area contributed by atoms with E-state index in [1.165, 1.54) is 51.6 Å². The number of rotatable bonds is 4. The van der Waals surface area contributed by atoms with Crippen molar-refractivity contribution in [2.24, 2.45) is 0 Å². The van der Waals surface area contributed by atoms with E-state index < -0.39 is 0 Å².